The molecule has 0 fully saturated rings. The van der Waals surface area contributed by atoms with Gasteiger partial charge in [0.2, 0.25) is 5.84 Å². The van der Waals surface area contributed by atoms with Crippen LogP contribution < -0.4 is 5.32 Å². The second-order valence-corrected chi connectivity index (χ2v) is 3.56. The molecule has 0 aromatic rings. The predicted molar refractivity (Wildman–Crippen MR) is 52.8 cm³/mol. The quantitative estimate of drug-likeness (QED) is 0.488. The minimum Gasteiger partial charge on any atom is -0.275 e. The first-order valence-corrected chi connectivity index (χ1v) is 5.17. The van der Waals surface area contributed by atoms with Gasteiger partial charge in [-0.2, -0.15) is 0 Å². The SMILES string of the molecule is CCCCCC[N+]1=C(C)NCC1. The van der Waals surface area contributed by atoms with E-state index in [2.05, 4.69) is 23.7 Å². The number of rotatable bonds is 5. The lowest BCUT2D eigenvalue weighted by molar-refractivity contribution is -0.518. The third kappa shape index (κ3) is 2.84. The van der Waals surface area contributed by atoms with Crippen LogP contribution in [0.2, 0.25) is 0 Å². The van der Waals surface area contributed by atoms with Crippen LogP contribution >= 0.6 is 0 Å². The molecule has 0 saturated carbocycles. The zero-order chi connectivity index (χ0) is 8.81. The molecule has 1 aliphatic rings. The maximum absolute atomic E-state index is 3.35. The van der Waals surface area contributed by atoms with Crippen LogP contribution in [0.1, 0.15) is 39.5 Å². The fourth-order valence-electron chi connectivity index (χ4n) is 1.66. The maximum Gasteiger partial charge on any atom is 0.241 e. The molecule has 1 rings (SSSR count). The first-order valence-electron chi connectivity index (χ1n) is 5.17. The van der Waals surface area contributed by atoms with Crippen molar-refractivity contribution < 1.29 is 4.58 Å². The van der Waals surface area contributed by atoms with Gasteiger partial charge in [0.1, 0.15) is 13.1 Å². The summed E-state index contributed by atoms with van der Waals surface area (Å²) in [6, 6.07) is 0. The molecule has 0 spiro atoms. The van der Waals surface area contributed by atoms with Gasteiger partial charge in [-0.1, -0.05) is 19.8 Å². The highest BCUT2D eigenvalue weighted by Gasteiger charge is 2.14. The summed E-state index contributed by atoms with van der Waals surface area (Å²) in [7, 11) is 0. The summed E-state index contributed by atoms with van der Waals surface area (Å²) >= 11 is 0. The summed E-state index contributed by atoms with van der Waals surface area (Å²) < 4.78 is 2.45. The largest absolute Gasteiger partial charge is 0.275 e. The number of nitrogens with zero attached hydrogens (tertiary/aromatic N) is 1. The van der Waals surface area contributed by atoms with Crippen molar-refractivity contribution >= 4 is 5.84 Å². The van der Waals surface area contributed by atoms with E-state index in [1.807, 2.05) is 0 Å². The molecule has 70 valence electrons. The Hall–Kier alpha value is -0.530. The highest BCUT2D eigenvalue weighted by Crippen LogP contribution is 1.99. The summed E-state index contributed by atoms with van der Waals surface area (Å²) in [4.78, 5) is 0. The van der Waals surface area contributed by atoms with Crippen LogP contribution in [0.5, 0.6) is 0 Å². The van der Waals surface area contributed by atoms with E-state index in [1.165, 1.54) is 44.6 Å². The highest BCUT2D eigenvalue weighted by atomic mass is 15.2. The molecule has 0 radical (unpaired) electrons. The zero-order valence-electron chi connectivity index (χ0n) is 8.40. The van der Waals surface area contributed by atoms with Gasteiger partial charge in [0, 0.05) is 6.92 Å². The molecule has 2 heteroatoms. The van der Waals surface area contributed by atoms with Crippen molar-refractivity contribution in [1.82, 2.24) is 5.32 Å². The van der Waals surface area contributed by atoms with Gasteiger partial charge >= 0.3 is 0 Å². The monoisotopic (exact) mass is 169 g/mol. The fraction of sp³-hybridized carbons (Fsp3) is 0.900. The van der Waals surface area contributed by atoms with Crippen LogP contribution in [-0.4, -0.2) is 30.0 Å². The normalized spacial score (nSPS) is 16.8. The molecule has 0 aromatic heterocycles. The maximum atomic E-state index is 3.35. The number of nitrogens with one attached hydrogen (secondary N) is 1. The van der Waals surface area contributed by atoms with Crippen molar-refractivity contribution in [2.75, 3.05) is 19.6 Å². The van der Waals surface area contributed by atoms with Crippen LogP contribution in [0.25, 0.3) is 0 Å². The molecule has 1 aliphatic heterocycles. The standard InChI is InChI=1S/C10H20N2/c1-3-4-5-6-8-12-9-7-11-10(12)2/h3-9H2,1-2H3/p+1. The molecular weight excluding hydrogens is 148 g/mol. The lowest BCUT2D eigenvalue weighted by Crippen LogP contribution is -2.19. The first-order chi connectivity index (χ1) is 5.84. The van der Waals surface area contributed by atoms with Crippen LogP contribution in [0.15, 0.2) is 0 Å². The second-order valence-electron chi connectivity index (χ2n) is 3.56. The van der Waals surface area contributed by atoms with E-state index < -0.39 is 0 Å². The molecular formula is C10H21N2+. The molecule has 0 unspecified atom stereocenters. The third-order valence-corrected chi connectivity index (χ3v) is 2.52. The van der Waals surface area contributed by atoms with Gasteiger partial charge < -0.3 is 0 Å². The fourth-order valence-corrected chi connectivity index (χ4v) is 1.66. The summed E-state index contributed by atoms with van der Waals surface area (Å²) in [6.07, 6.45) is 5.47. The number of amidine groups is 1. The van der Waals surface area contributed by atoms with Crippen molar-refractivity contribution in [2.24, 2.45) is 0 Å². The Morgan fingerprint density at radius 1 is 1.33 bits per heavy atom. The average molecular weight is 169 g/mol. The molecule has 0 amide bonds. The Bertz CT molecular complexity index is 161. The summed E-state index contributed by atoms with van der Waals surface area (Å²) in [6.45, 7) is 8.03. The van der Waals surface area contributed by atoms with Crippen molar-refractivity contribution in [3.63, 3.8) is 0 Å². The van der Waals surface area contributed by atoms with E-state index in [-0.39, 0.29) is 0 Å². The Kier molecular flexibility index (Phi) is 4.12. The highest BCUT2D eigenvalue weighted by molar-refractivity contribution is 5.75. The Balaban J connectivity index is 2.10. The first kappa shape index (κ1) is 9.56. The minimum atomic E-state index is 1.14. The van der Waals surface area contributed by atoms with Crippen molar-refractivity contribution in [3.05, 3.63) is 0 Å². The molecule has 12 heavy (non-hydrogen) atoms. The van der Waals surface area contributed by atoms with Gasteiger partial charge in [0.25, 0.3) is 0 Å². The van der Waals surface area contributed by atoms with E-state index >= 15 is 0 Å². The van der Waals surface area contributed by atoms with Gasteiger partial charge in [-0.25, -0.2) is 0 Å². The van der Waals surface area contributed by atoms with Crippen molar-refractivity contribution in [2.45, 2.75) is 39.5 Å². The topological polar surface area (TPSA) is 15.0 Å². The van der Waals surface area contributed by atoms with E-state index in [0.29, 0.717) is 0 Å². The zero-order valence-corrected chi connectivity index (χ0v) is 8.40. The Morgan fingerprint density at radius 3 is 2.75 bits per heavy atom. The van der Waals surface area contributed by atoms with E-state index in [4.69, 9.17) is 0 Å². The molecule has 0 aromatic carbocycles. The van der Waals surface area contributed by atoms with Crippen LogP contribution in [-0.2, 0) is 0 Å². The van der Waals surface area contributed by atoms with Gasteiger partial charge in [0.05, 0.1) is 6.54 Å². The Labute approximate surface area is 75.7 Å². The van der Waals surface area contributed by atoms with Crippen LogP contribution in [0.4, 0.5) is 0 Å². The van der Waals surface area contributed by atoms with E-state index in [0.717, 1.165) is 6.54 Å². The molecule has 0 saturated heterocycles. The third-order valence-electron chi connectivity index (χ3n) is 2.52. The lowest BCUT2D eigenvalue weighted by atomic mass is 10.2. The summed E-state index contributed by atoms with van der Waals surface area (Å²) in [5, 5.41) is 3.35. The molecule has 0 aliphatic carbocycles. The molecule has 0 atom stereocenters. The molecule has 1 N–H and O–H groups in total. The van der Waals surface area contributed by atoms with Crippen molar-refractivity contribution in [1.29, 1.82) is 0 Å². The molecule has 2 nitrogen and oxygen atoms in total. The Morgan fingerprint density at radius 2 is 2.17 bits per heavy atom. The number of hydrogen-bond acceptors (Lipinski definition) is 1. The molecule has 1 heterocycles. The van der Waals surface area contributed by atoms with Crippen LogP contribution in [0.3, 0.4) is 0 Å². The second kappa shape index (κ2) is 5.18. The minimum absolute atomic E-state index is 1.14. The average Bonchev–Trinajstić information content (AvgIpc) is 2.46. The predicted octanol–water partition coefficient (Wildman–Crippen LogP) is 1.60. The van der Waals surface area contributed by atoms with Gasteiger partial charge in [-0.3, -0.25) is 9.89 Å². The van der Waals surface area contributed by atoms with Gasteiger partial charge in [0.15, 0.2) is 0 Å². The van der Waals surface area contributed by atoms with Gasteiger partial charge in [-0.05, 0) is 12.8 Å². The van der Waals surface area contributed by atoms with Crippen molar-refractivity contribution in [3.8, 4) is 0 Å². The van der Waals surface area contributed by atoms with Gasteiger partial charge in [-0.15, -0.1) is 0 Å². The summed E-state index contributed by atoms with van der Waals surface area (Å²) in [5.41, 5.74) is 0. The van der Waals surface area contributed by atoms with E-state index in [9.17, 15) is 0 Å². The van der Waals surface area contributed by atoms with E-state index in [1.54, 1.807) is 0 Å². The number of unbranched alkanes of at least 4 members (excludes halogenated alkanes) is 3. The number of hydrogen-bond donors (Lipinski definition) is 1. The summed E-state index contributed by atoms with van der Waals surface area (Å²) in [5.74, 6) is 1.37. The lowest BCUT2D eigenvalue weighted by Gasteiger charge is -2.00. The molecule has 0 bridgehead atoms. The van der Waals surface area contributed by atoms with Crippen LogP contribution in [0, 0.1) is 0 Å². The smallest absolute Gasteiger partial charge is 0.241 e.